The molecule has 2 unspecified atom stereocenters. The SMILES string of the molecule is CC(C)n1c(C=CC(O)CC(O)CC(=O)O)c(-c2ccc(F)cc2)c2cc(O)ccc21. The van der Waals surface area contributed by atoms with Crippen molar-refractivity contribution in [1.29, 1.82) is 0 Å². The third-order valence-corrected chi connectivity index (χ3v) is 5.07. The monoisotopic (exact) mass is 427 g/mol. The van der Waals surface area contributed by atoms with Crippen LogP contribution in [0.25, 0.3) is 28.1 Å². The molecule has 1 aromatic heterocycles. The first-order chi connectivity index (χ1) is 14.7. The van der Waals surface area contributed by atoms with Crippen molar-refractivity contribution in [2.45, 2.75) is 44.9 Å². The van der Waals surface area contributed by atoms with Crippen LogP contribution in [0.3, 0.4) is 0 Å². The molecule has 4 N–H and O–H groups in total. The Balaban J connectivity index is 2.12. The summed E-state index contributed by atoms with van der Waals surface area (Å²) in [6, 6.07) is 11.1. The predicted octanol–water partition coefficient (Wildman–Crippen LogP) is 4.33. The molecule has 2 atom stereocenters. The van der Waals surface area contributed by atoms with Crippen LogP contribution in [0.5, 0.6) is 5.75 Å². The summed E-state index contributed by atoms with van der Waals surface area (Å²) in [5.74, 6) is -1.40. The lowest BCUT2D eigenvalue weighted by Gasteiger charge is -2.15. The van der Waals surface area contributed by atoms with Gasteiger partial charge in [0.2, 0.25) is 0 Å². The summed E-state index contributed by atoms with van der Waals surface area (Å²) in [5.41, 5.74) is 3.13. The molecule has 0 bridgehead atoms. The molecule has 0 aliphatic carbocycles. The first-order valence-corrected chi connectivity index (χ1v) is 10.1. The first kappa shape index (κ1) is 22.5. The summed E-state index contributed by atoms with van der Waals surface area (Å²) >= 11 is 0. The minimum Gasteiger partial charge on any atom is -0.508 e. The number of rotatable bonds is 8. The van der Waals surface area contributed by atoms with Gasteiger partial charge in [0.25, 0.3) is 0 Å². The first-order valence-electron chi connectivity index (χ1n) is 10.1. The second kappa shape index (κ2) is 9.32. The van der Waals surface area contributed by atoms with Crippen molar-refractivity contribution in [3.05, 3.63) is 60.1 Å². The molecule has 31 heavy (non-hydrogen) atoms. The average Bonchev–Trinajstić information content (AvgIpc) is 2.99. The van der Waals surface area contributed by atoms with Crippen LogP contribution >= 0.6 is 0 Å². The average molecular weight is 427 g/mol. The summed E-state index contributed by atoms with van der Waals surface area (Å²) in [7, 11) is 0. The van der Waals surface area contributed by atoms with E-state index in [1.54, 1.807) is 30.3 Å². The number of fused-ring (bicyclic) bond motifs is 1. The molecule has 3 aromatic rings. The smallest absolute Gasteiger partial charge is 0.305 e. The van der Waals surface area contributed by atoms with Crippen molar-refractivity contribution in [2.75, 3.05) is 0 Å². The van der Waals surface area contributed by atoms with E-state index in [0.717, 1.165) is 27.7 Å². The number of aromatic hydroxyl groups is 1. The van der Waals surface area contributed by atoms with Crippen LogP contribution in [0.2, 0.25) is 0 Å². The van der Waals surface area contributed by atoms with E-state index in [9.17, 15) is 24.5 Å². The Morgan fingerprint density at radius 1 is 1.13 bits per heavy atom. The fourth-order valence-corrected chi connectivity index (χ4v) is 3.81. The maximum atomic E-state index is 13.5. The van der Waals surface area contributed by atoms with E-state index in [1.807, 2.05) is 24.5 Å². The molecule has 1 heterocycles. The highest BCUT2D eigenvalue weighted by Crippen LogP contribution is 2.39. The van der Waals surface area contributed by atoms with E-state index >= 15 is 0 Å². The number of hydrogen-bond donors (Lipinski definition) is 4. The number of aromatic nitrogens is 1. The van der Waals surface area contributed by atoms with Gasteiger partial charge in [-0.15, -0.1) is 0 Å². The number of nitrogens with zero attached hydrogens (tertiary/aromatic N) is 1. The van der Waals surface area contributed by atoms with Crippen LogP contribution in [-0.4, -0.2) is 43.2 Å². The second-order valence-electron chi connectivity index (χ2n) is 7.85. The minimum absolute atomic E-state index is 0.0376. The summed E-state index contributed by atoms with van der Waals surface area (Å²) in [6.45, 7) is 4.01. The summed E-state index contributed by atoms with van der Waals surface area (Å²) in [4.78, 5) is 10.7. The lowest BCUT2D eigenvalue weighted by Crippen LogP contribution is -2.19. The van der Waals surface area contributed by atoms with Gasteiger partial charge in [0.1, 0.15) is 11.6 Å². The van der Waals surface area contributed by atoms with E-state index in [-0.39, 0.29) is 24.0 Å². The number of carboxylic acids is 1. The van der Waals surface area contributed by atoms with Crippen molar-refractivity contribution in [2.24, 2.45) is 0 Å². The number of aliphatic hydroxyl groups is 2. The van der Waals surface area contributed by atoms with Gasteiger partial charge in [-0.1, -0.05) is 18.2 Å². The zero-order valence-corrected chi connectivity index (χ0v) is 17.4. The molecule has 6 nitrogen and oxygen atoms in total. The van der Waals surface area contributed by atoms with Crippen molar-refractivity contribution in [3.8, 4) is 16.9 Å². The number of aliphatic carboxylic acids is 1. The van der Waals surface area contributed by atoms with Gasteiger partial charge in [-0.05, 0) is 55.8 Å². The summed E-state index contributed by atoms with van der Waals surface area (Å²) < 4.78 is 15.6. The number of phenols is 1. The standard InChI is InChI=1S/C24H26FNO5/c1-14(2)26-21-9-7-18(28)12-20(21)24(15-3-5-16(25)6-4-15)22(26)10-8-17(27)11-19(29)13-23(30)31/h3-10,12,14,17,19,27-29H,11,13H2,1-2H3,(H,30,31). The molecule has 2 aromatic carbocycles. The molecule has 3 rings (SSSR count). The molecular weight excluding hydrogens is 401 g/mol. The summed E-state index contributed by atoms with van der Waals surface area (Å²) in [5, 5.41) is 39.7. The second-order valence-corrected chi connectivity index (χ2v) is 7.85. The number of hydrogen-bond acceptors (Lipinski definition) is 4. The van der Waals surface area contributed by atoms with Gasteiger partial charge in [0.15, 0.2) is 0 Å². The van der Waals surface area contributed by atoms with Gasteiger partial charge in [-0.25, -0.2) is 4.39 Å². The maximum Gasteiger partial charge on any atom is 0.305 e. The largest absolute Gasteiger partial charge is 0.508 e. The number of carboxylic acid groups (broad SMARTS) is 1. The van der Waals surface area contributed by atoms with Crippen LogP contribution in [-0.2, 0) is 4.79 Å². The number of halogens is 1. The Morgan fingerprint density at radius 2 is 1.81 bits per heavy atom. The van der Waals surface area contributed by atoms with E-state index < -0.39 is 24.6 Å². The fraction of sp³-hybridized carbons (Fsp3) is 0.292. The molecule has 164 valence electrons. The van der Waals surface area contributed by atoms with Crippen LogP contribution in [0.15, 0.2) is 48.5 Å². The van der Waals surface area contributed by atoms with Crippen LogP contribution in [0.1, 0.15) is 38.4 Å². The highest BCUT2D eigenvalue weighted by atomic mass is 19.1. The molecule has 0 radical (unpaired) electrons. The molecule has 0 saturated heterocycles. The molecule has 0 spiro atoms. The third-order valence-electron chi connectivity index (χ3n) is 5.07. The van der Waals surface area contributed by atoms with Crippen LogP contribution < -0.4 is 0 Å². The van der Waals surface area contributed by atoms with Crippen LogP contribution in [0, 0.1) is 5.82 Å². The van der Waals surface area contributed by atoms with E-state index in [2.05, 4.69) is 0 Å². The van der Waals surface area contributed by atoms with Crippen molar-refractivity contribution in [1.82, 2.24) is 4.57 Å². The summed E-state index contributed by atoms with van der Waals surface area (Å²) in [6.07, 6.45) is 0.442. The number of carbonyl (C=O) groups is 1. The van der Waals surface area contributed by atoms with Gasteiger partial charge in [0.05, 0.1) is 18.6 Å². The maximum absolute atomic E-state index is 13.5. The normalized spacial score (nSPS) is 13.9. The van der Waals surface area contributed by atoms with Gasteiger partial charge in [-0.3, -0.25) is 4.79 Å². The zero-order chi connectivity index (χ0) is 22.7. The van der Waals surface area contributed by atoms with E-state index in [1.165, 1.54) is 18.2 Å². The number of benzene rings is 2. The molecule has 0 aliphatic heterocycles. The predicted molar refractivity (Wildman–Crippen MR) is 117 cm³/mol. The Morgan fingerprint density at radius 3 is 2.42 bits per heavy atom. The molecule has 0 amide bonds. The van der Waals surface area contributed by atoms with E-state index in [4.69, 9.17) is 5.11 Å². The minimum atomic E-state index is -1.17. The van der Waals surface area contributed by atoms with Crippen molar-refractivity contribution in [3.63, 3.8) is 0 Å². The highest BCUT2D eigenvalue weighted by molar-refractivity contribution is 6.01. The number of phenolic OH excluding ortho intramolecular Hbond substituents is 1. The molecule has 0 aliphatic rings. The Labute approximate surface area is 179 Å². The highest BCUT2D eigenvalue weighted by Gasteiger charge is 2.20. The molecule has 0 fully saturated rings. The third kappa shape index (κ3) is 5.13. The van der Waals surface area contributed by atoms with Crippen LogP contribution in [0.4, 0.5) is 4.39 Å². The Hall–Kier alpha value is -3.16. The molecular formula is C24H26FNO5. The van der Waals surface area contributed by atoms with Gasteiger partial charge in [-0.2, -0.15) is 0 Å². The Bertz CT molecular complexity index is 1100. The van der Waals surface area contributed by atoms with E-state index in [0.29, 0.717) is 0 Å². The van der Waals surface area contributed by atoms with Crippen molar-refractivity contribution < 1.29 is 29.6 Å². The molecule has 7 heteroatoms. The fourth-order valence-electron chi connectivity index (χ4n) is 3.81. The van der Waals surface area contributed by atoms with Crippen molar-refractivity contribution >= 4 is 22.9 Å². The zero-order valence-electron chi connectivity index (χ0n) is 17.4. The molecule has 0 saturated carbocycles. The lowest BCUT2D eigenvalue weighted by molar-refractivity contribution is -0.139. The quantitative estimate of drug-likeness (QED) is 0.428. The van der Waals surface area contributed by atoms with Gasteiger partial charge >= 0.3 is 5.97 Å². The van der Waals surface area contributed by atoms with Gasteiger partial charge in [0, 0.05) is 34.6 Å². The topological polar surface area (TPSA) is 103 Å². The Kier molecular flexibility index (Phi) is 6.77. The lowest BCUT2D eigenvalue weighted by atomic mass is 10.0. The number of aliphatic hydroxyl groups excluding tert-OH is 2. The van der Waals surface area contributed by atoms with Gasteiger partial charge < -0.3 is 25.0 Å².